The highest BCUT2D eigenvalue weighted by atomic mass is 15.2. The summed E-state index contributed by atoms with van der Waals surface area (Å²) >= 11 is 0. The number of nitrogens with zero attached hydrogens (tertiary/aromatic N) is 3. The van der Waals surface area contributed by atoms with Crippen molar-refractivity contribution in [1.82, 2.24) is 14.8 Å². The van der Waals surface area contributed by atoms with Crippen LogP contribution in [0.1, 0.15) is 24.9 Å². The Hall–Kier alpha value is -0.970. The van der Waals surface area contributed by atoms with Crippen LogP contribution >= 0.6 is 0 Å². The highest BCUT2D eigenvalue weighted by molar-refractivity contribution is 5.14. The molecule has 0 saturated heterocycles. The van der Waals surface area contributed by atoms with Gasteiger partial charge in [0.25, 0.3) is 0 Å². The Morgan fingerprint density at radius 3 is 2.61 bits per heavy atom. The third-order valence-electron chi connectivity index (χ3n) is 3.19. The number of rotatable bonds is 8. The minimum atomic E-state index is 0.283. The molecular formula is C14H26N4. The van der Waals surface area contributed by atoms with E-state index in [1.165, 1.54) is 5.56 Å². The largest absolute Gasteiger partial charge is 0.329 e. The summed E-state index contributed by atoms with van der Waals surface area (Å²) in [5, 5.41) is 0. The molecule has 0 aliphatic rings. The van der Waals surface area contributed by atoms with Gasteiger partial charge >= 0.3 is 0 Å². The number of likely N-dealkylation sites (N-methyl/N-ethyl adjacent to an activating group) is 1. The van der Waals surface area contributed by atoms with Gasteiger partial charge < -0.3 is 10.6 Å². The van der Waals surface area contributed by atoms with E-state index in [0.29, 0.717) is 6.54 Å². The second kappa shape index (κ2) is 8.19. The molecule has 0 bridgehead atoms. The van der Waals surface area contributed by atoms with E-state index in [-0.39, 0.29) is 6.04 Å². The maximum Gasteiger partial charge on any atom is 0.0485 e. The van der Waals surface area contributed by atoms with E-state index >= 15 is 0 Å². The first-order valence-electron chi connectivity index (χ1n) is 6.67. The lowest BCUT2D eigenvalue weighted by Gasteiger charge is -2.30. The second-order valence-electron chi connectivity index (χ2n) is 4.82. The van der Waals surface area contributed by atoms with Crippen molar-refractivity contribution in [2.75, 3.05) is 40.3 Å². The summed E-state index contributed by atoms with van der Waals surface area (Å²) in [7, 11) is 4.22. The Bertz CT molecular complexity index is 313. The SMILES string of the molecule is CCN(CCCN(C)C)C(CN)c1cccnc1. The lowest BCUT2D eigenvalue weighted by atomic mass is 10.1. The van der Waals surface area contributed by atoms with Crippen LogP contribution in [0.5, 0.6) is 0 Å². The fraction of sp³-hybridized carbons (Fsp3) is 0.643. The predicted molar refractivity (Wildman–Crippen MR) is 76.5 cm³/mol. The van der Waals surface area contributed by atoms with Gasteiger partial charge in [-0.3, -0.25) is 9.88 Å². The molecule has 0 radical (unpaired) electrons. The zero-order valence-corrected chi connectivity index (χ0v) is 11.8. The van der Waals surface area contributed by atoms with Crippen LogP contribution in [0.4, 0.5) is 0 Å². The van der Waals surface area contributed by atoms with Crippen LogP contribution in [0, 0.1) is 0 Å². The molecule has 0 aromatic carbocycles. The van der Waals surface area contributed by atoms with Crippen LogP contribution in [0.15, 0.2) is 24.5 Å². The first kappa shape index (κ1) is 15.1. The molecule has 102 valence electrons. The zero-order chi connectivity index (χ0) is 13.4. The second-order valence-corrected chi connectivity index (χ2v) is 4.82. The molecule has 1 heterocycles. The fourth-order valence-electron chi connectivity index (χ4n) is 2.19. The van der Waals surface area contributed by atoms with Crippen molar-refractivity contribution in [2.45, 2.75) is 19.4 Å². The van der Waals surface area contributed by atoms with E-state index < -0.39 is 0 Å². The molecule has 0 aliphatic carbocycles. The summed E-state index contributed by atoms with van der Waals surface area (Å²) in [5.74, 6) is 0. The van der Waals surface area contributed by atoms with E-state index in [4.69, 9.17) is 5.73 Å². The van der Waals surface area contributed by atoms with Crippen molar-refractivity contribution in [3.8, 4) is 0 Å². The van der Waals surface area contributed by atoms with Gasteiger partial charge in [0.05, 0.1) is 0 Å². The Balaban J connectivity index is 2.60. The number of hydrogen-bond acceptors (Lipinski definition) is 4. The lowest BCUT2D eigenvalue weighted by Crippen LogP contribution is -2.35. The smallest absolute Gasteiger partial charge is 0.0485 e. The van der Waals surface area contributed by atoms with Gasteiger partial charge in [0, 0.05) is 31.5 Å². The van der Waals surface area contributed by atoms with Gasteiger partial charge in [-0.05, 0) is 45.2 Å². The minimum absolute atomic E-state index is 0.283. The van der Waals surface area contributed by atoms with Crippen molar-refractivity contribution in [3.05, 3.63) is 30.1 Å². The van der Waals surface area contributed by atoms with Gasteiger partial charge in [0.1, 0.15) is 0 Å². The third kappa shape index (κ3) is 4.72. The monoisotopic (exact) mass is 250 g/mol. The highest BCUT2D eigenvalue weighted by Gasteiger charge is 2.17. The minimum Gasteiger partial charge on any atom is -0.329 e. The molecule has 4 heteroatoms. The zero-order valence-electron chi connectivity index (χ0n) is 11.8. The highest BCUT2D eigenvalue weighted by Crippen LogP contribution is 2.18. The molecule has 0 spiro atoms. The maximum atomic E-state index is 5.93. The third-order valence-corrected chi connectivity index (χ3v) is 3.19. The molecular weight excluding hydrogens is 224 g/mol. The summed E-state index contributed by atoms with van der Waals surface area (Å²) in [5.41, 5.74) is 7.15. The van der Waals surface area contributed by atoms with Gasteiger partial charge in [-0.2, -0.15) is 0 Å². The Morgan fingerprint density at radius 1 is 1.33 bits per heavy atom. The summed E-state index contributed by atoms with van der Waals surface area (Å²) in [4.78, 5) is 8.84. The van der Waals surface area contributed by atoms with Crippen LogP contribution in [0.2, 0.25) is 0 Å². The van der Waals surface area contributed by atoms with Crippen LogP contribution in [-0.4, -0.2) is 55.1 Å². The molecule has 1 atom stereocenters. The summed E-state index contributed by atoms with van der Waals surface area (Å²) in [6, 6.07) is 4.37. The molecule has 2 N–H and O–H groups in total. The lowest BCUT2D eigenvalue weighted by molar-refractivity contribution is 0.201. The quantitative estimate of drug-likeness (QED) is 0.756. The van der Waals surface area contributed by atoms with E-state index in [9.17, 15) is 0 Å². The van der Waals surface area contributed by atoms with Gasteiger partial charge in [0.15, 0.2) is 0 Å². The molecule has 1 unspecified atom stereocenters. The van der Waals surface area contributed by atoms with E-state index in [1.54, 1.807) is 6.20 Å². The predicted octanol–water partition coefficient (Wildman–Crippen LogP) is 1.36. The Kier molecular flexibility index (Phi) is 6.86. The molecule has 18 heavy (non-hydrogen) atoms. The molecule has 1 rings (SSSR count). The summed E-state index contributed by atoms with van der Waals surface area (Å²) in [6.45, 7) is 6.03. The number of hydrogen-bond donors (Lipinski definition) is 1. The Labute approximate surface area is 111 Å². The summed E-state index contributed by atoms with van der Waals surface area (Å²) < 4.78 is 0. The number of pyridine rings is 1. The van der Waals surface area contributed by atoms with Crippen molar-refractivity contribution < 1.29 is 0 Å². The summed E-state index contributed by atoms with van der Waals surface area (Å²) in [6.07, 6.45) is 4.89. The maximum absolute atomic E-state index is 5.93. The van der Waals surface area contributed by atoms with Crippen molar-refractivity contribution >= 4 is 0 Å². The van der Waals surface area contributed by atoms with Crippen molar-refractivity contribution in [1.29, 1.82) is 0 Å². The normalized spacial score (nSPS) is 13.2. The van der Waals surface area contributed by atoms with Crippen LogP contribution in [-0.2, 0) is 0 Å². The first-order chi connectivity index (χ1) is 8.69. The molecule has 1 aromatic heterocycles. The van der Waals surface area contributed by atoms with Crippen LogP contribution in [0.25, 0.3) is 0 Å². The molecule has 0 aliphatic heterocycles. The van der Waals surface area contributed by atoms with Gasteiger partial charge in [0.2, 0.25) is 0 Å². The standard InChI is InChI=1S/C14H26N4/c1-4-18(10-6-9-17(2)3)14(11-15)13-7-5-8-16-12-13/h5,7-8,12,14H,4,6,9-11,15H2,1-3H3. The number of nitrogens with two attached hydrogens (primary N) is 1. The van der Waals surface area contributed by atoms with E-state index in [0.717, 1.165) is 26.1 Å². The molecule has 0 saturated carbocycles. The first-order valence-corrected chi connectivity index (χ1v) is 6.67. The fourth-order valence-corrected chi connectivity index (χ4v) is 2.19. The van der Waals surface area contributed by atoms with Gasteiger partial charge in [-0.15, -0.1) is 0 Å². The molecule has 0 amide bonds. The van der Waals surface area contributed by atoms with Crippen LogP contribution < -0.4 is 5.73 Å². The average molecular weight is 250 g/mol. The van der Waals surface area contributed by atoms with Crippen molar-refractivity contribution in [3.63, 3.8) is 0 Å². The molecule has 4 nitrogen and oxygen atoms in total. The Morgan fingerprint density at radius 2 is 2.11 bits per heavy atom. The number of aromatic nitrogens is 1. The van der Waals surface area contributed by atoms with E-state index in [1.807, 2.05) is 12.3 Å². The van der Waals surface area contributed by atoms with Crippen LogP contribution in [0.3, 0.4) is 0 Å². The topological polar surface area (TPSA) is 45.4 Å². The van der Waals surface area contributed by atoms with E-state index in [2.05, 4.69) is 41.9 Å². The van der Waals surface area contributed by atoms with Crippen molar-refractivity contribution in [2.24, 2.45) is 5.73 Å². The molecule has 1 aromatic rings. The average Bonchev–Trinajstić information content (AvgIpc) is 2.38. The van der Waals surface area contributed by atoms with Gasteiger partial charge in [-0.1, -0.05) is 13.0 Å². The molecule has 0 fully saturated rings. The van der Waals surface area contributed by atoms with Gasteiger partial charge in [-0.25, -0.2) is 0 Å².